The molecule has 0 aliphatic carbocycles. The molecule has 0 saturated carbocycles. The third kappa shape index (κ3) is 2.05. The maximum atomic E-state index is 11.3. The van der Waals surface area contributed by atoms with E-state index in [0.29, 0.717) is 18.7 Å². The van der Waals surface area contributed by atoms with Crippen molar-refractivity contribution in [1.82, 2.24) is 9.78 Å². The van der Waals surface area contributed by atoms with Gasteiger partial charge in [-0.15, -0.1) is 0 Å². The average molecular weight is 271 g/mol. The van der Waals surface area contributed by atoms with Crippen LogP contribution in [0.25, 0.3) is 0 Å². The van der Waals surface area contributed by atoms with Gasteiger partial charge in [-0.1, -0.05) is 18.2 Å². The van der Waals surface area contributed by atoms with E-state index in [2.05, 4.69) is 22.1 Å². The number of carboxylic acid groups (broad SMARTS) is 1. The molecule has 1 aromatic heterocycles. The Hall–Kier alpha value is -2.30. The zero-order valence-electron chi connectivity index (χ0n) is 11.4. The number of fused-ring (bicyclic) bond motifs is 1. The number of benzene rings is 1. The van der Waals surface area contributed by atoms with Gasteiger partial charge in [0.25, 0.3) is 0 Å². The molecule has 20 heavy (non-hydrogen) atoms. The lowest BCUT2D eigenvalue weighted by molar-refractivity contribution is 0.0695. The normalized spacial score (nSPS) is 13.6. The van der Waals surface area contributed by atoms with Crippen molar-refractivity contribution in [3.63, 3.8) is 0 Å². The van der Waals surface area contributed by atoms with Gasteiger partial charge in [0.15, 0.2) is 0 Å². The lowest BCUT2D eigenvalue weighted by Crippen LogP contribution is -2.23. The second kappa shape index (κ2) is 5.00. The topological polar surface area (TPSA) is 58.4 Å². The van der Waals surface area contributed by atoms with Gasteiger partial charge in [-0.25, -0.2) is 4.79 Å². The zero-order valence-corrected chi connectivity index (χ0v) is 11.4. The molecule has 0 fully saturated rings. The number of hydrogen-bond donors (Lipinski definition) is 1. The molecule has 0 radical (unpaired) electrons. The molecule has 5 nitrogen and oxygen atoms in total. The fourth-order valence-corrected chi connectivity index (χ4v) is 2.78. The van der Waals surface area contributed by atoms with E-state index < -0.39 is 5.97 Å². The van der Waals surface area contributed by atoms with E-state index in [1.807, 2.05) is 19.1 Å². The van der Waals surface area contributed by atoms with Crippen molar-refractivity contribution in [3.05, 3.63) is 47.3 Å². The van der Waals surface area contributed by atoms with Crippen LogP contribution >= 0.6 is 0 Å². The number of anilines is 1. The number of aromatic carboxylic acids is 1. The fourth-order valence-electron chi connectivity index (χ4n) is 2.78. The Morgan fingerprint density at radius 1 is 1.40 bits per heavy atom. The summed E-state index contributed by atoms with van der Waals surface area (Å²) in [6.07, 6.45) is 2.46. The minimum Gasteiger partial charge on any atom is -0.478 e. The predicted octanol–water partition coefficient (Wildman–Crippen LogP) is 2.16. The molecule has 2 heterocycles. The molecule has 2 aromatic rings. The summed E-state index contributed by atoms with van der Waals surface area (Å²) < 4.78 is 1.77. The van der Waals surface area contributed by atoms with Gasteiger partial charge < -0.3 is 10.0 Å². The van der Waals surface area contributed by atoms with Crippen molar-refractivity contribution in [2.45, 2.75) is 26.4 Å². The van der Waals surface area contributed by atoms with Crippen molar-refractivity contribution in [2.24, 2.45) is 0 Å². The van der Waals surface area contributed by atoms with Crippen LogP contribution in [-0.4, -0.2) is 27.4 Å². The van der Waals surface area contributed by atoms with Crippen molar-refractivity contribution in [1.29, 1.82) is 0 Å². The monoisotopic (exact) mass is 271 g/mol. The summed E-state index contributed by atoms with van der Waals surface area (Å²) in [4.78, 5) is 13.5. The minimum atomic E-state index is -0.910. The Kier molecular flexibility index (Phi) is 3.18. The number of hydrogen-bond acceptors (Lipinski definition) is 3. The Balaban J connectivity index is 1.93. The second-order valence-corrected chi connectivity index (χ2v) is 4.93. The summed E-state index contributed by atoms with van der Waals surface area (Å²) in [5.41, 5.74) is 3.60. The number of carbonyl (C=O) groups is 1. The summed E-state index contributed by atoms with van der Waals surface area (Å²) in [6.45, 7) is 4.16. The number of nitrogens with zero attached hydrogens (tertiary/aromatic N) is 3. The maximum absolute atomic E-state index is 11.3. The van der Waals surface area contributed by atoms with Crippen LogP contribution in [0, 0.1) is 0 Å². The molecule has 104 valence electrons. The average Bonchev–Trinajstić information content (AvgIpc) is 3.04. The van der Waals surface area contributed by atoms with Gasteiger partial charge in [0.1, 0.15) is 5.56 Å². The standard InChI is InChI=1S/C15H17N3O2/c1-2-18-14(12(9-16-18)15(19)20)10-17-8-7-11-5-3-4-6-13(11)17/h3-6,9H,2,7-8,10H2,1H3,(H,19,20). The lowest BCUT2D eigenvalue weighted by atomic mass is 10.2. The van der Waals surface area contributed by atoms with Gasteiger partial charge in [-0.2, -0.15) is 5.10 Å². The summed E-state index contributed by atoms with van der Waals surface area (Å²) >= 11 is 0. The first kappa shape index (κ1) is 12.7. The summed E-state index contributed by atoms with van der Waals surface area (Å²) in [5.74, 6) is -0.910. The number of aryl methyl sites for hydroxylation is 1. The lowest BCUT2D eigenvalue weighted by Gasteiger charge is -2.20. The largest absolute Gasteiger partial charge is 0.478 e. The molecule has 0 bridgehead atoms. The van der Waals surface area contributed by atoms with E-state index in [4.69, 9.17) is 0 Å². The van der Waals surface area contributed by atoms with Crippen LogP contribution in [0.5, 0.6) is 0 Å². The van der Waals surface area contributed by atoms with E-state index in [1.54, 1.807) is 4.68 Å². The van der Waals surface area contributed by atoms with Gasteiger partial charge in [-0.3, -0.25) is 4.68 Å². The Bertz CT molecular complexity index is 648. The van der Waals surface area contributed by atoms with Gasteiger partial charge in [0.2, 0.25) is 0 Å². The van der Waals surface area contributed by atoms with Crippen LogP contribution in [-0.2, 0) is 19.5 Å². The number of para-hydroxylation sites is 1. The zero-order chi connectivity index (χ0) is 14.1. The van der Waals surface area contributed by atoms with E-state index in [0.717, 1.165) is 18.7 Å². The highest BCUT2D eigenvalue weighted by Gasteiger charge is 2.23. The van der Waals surface area contributed by atoms with Crippen molar-refractivity contribution < 1.29 is 9.90 Å². The number of rotatable bonds is 4. The van der Waals surface area contributed by atoms with E-state index in [-0.39, 0.29) is 0 Å². The first-order chi connectivity index (χ1) is 9.70. The van der Waals surface area contributed by atoms with Crippen LogP contribution in [0.1, 0.15) is 28.5 Å². The quantitative estimate of drug-likeness (QED) is 0.925. The third-order valence-corrected chi connectivity index (χ3v) is 3.80. The van der Waals surface area contributed by atoms with Crippen molar-refractivity contribution in [2.75, 3.05) is 11.4 Å². The summed E-state index contributed by atoms with van der Waals surface area (Å²) in [5, 5.41) is 13.4. The molecule has 0 spiro atoms. The van der Waals surface area contributed by atoms with E-state index >= 15 is 0 Å². The predicted molar refractivity (Wildman–Crippen MR) is 76.1 cm³/mol. The SMILES string of the molecule is CCn1ncc(C(=O)O)c1CN1CCc2ccccc21. The van der Waals surface area contributed by atoms with Crippen molar-refractivity contribution in [3.8, 4) is 0 Å². The smallest absolute Gasteiger partial charge is 0.339 e. The molecule has 1 aromatic carbocycles. The van der Waals surface area contributed by atoms with Crippen LogP contribution in [0.15, 0.2) is 30.5 Å². The Morgan fingerprint density at radius 3 is 2.95 bits per heavy atom. The van der Waals surface area contributed by atoms with Gasteiger partial charge in [-0.05, 0) is 25.0 Å². The molecule has 0 atom stereocenters. The molecule has 0 saturated heterocycles. The van der Waals surface area contributed by atoms with Crippen LogP contribution in [0.4, 0.5) is 5.69 Å². The molecule has 1 aliphatic rings. The van der Waals surface area contributed by atoms with Crippen LogP contribution < -0.4 is 4.90 Å². The molecular weight excluding hydrogens is 254 g/mol. The third-order valence-electron chi connectivity index (χ3n) is 3.80. The first-order valence-corrected chi connectivity index (χ1v) is 6.81. The molecule has 3 rings (SSSR count). The molecule has 0 amide bonds. The number of aromatic nitrogens is 2. The highest BCUT2D eigenvalue weighted by Crippen LogP contribution is 2.29. The van der Waals surface area contributed by atoms with Gasteiger partial charge >= 0.3 is 5.97 Å². The molecule has 0 unspecified atom stereocenters. The maximum Gasteiger partial charge on any atom is 0.339 e. The first-order valence-electron chi connectivity index (χ1n) is 6.81. The van der Waals surface area contributed by atoms with Gasteiger partial charge in [0.05, 0.1) is 18.4 Å². The minimum absolute atomic E-state index is 0.302. The summed E-state index contributed by atoms with van der Waals surface area (Å²) in [7, 11) is 0. The van der Waals surface area contributed by atoms with E-state index in [9.17, 15) is 9.90 Å². The van der Waals surface area contributed by atoms with Gasteiger partial charge in [0, 0.05) is 18.8 Å². The highest BCUT2D eigenvalue weighted by atomic mass is 16.4. The van der Waals surface area contributed by atoms with Crippen LogP contribution in [0.2, 0.25) is 0 Å². The number of carboxylic acids is 1. The molecular formula is C15H17N3O2. The van der Waals surface area contributed by atoms with E-state index in [1.165, 1.54) is 17.4 Å². The fraction of sp³-hybridized carbons (Fsp3) is 0.333. The highest BCUT2D eigenvalue weighted by molar-refractivity contribution is 5.88. The Labute approximate surface area is 117 Å². The summed E-state index contributed by atoms with van der Waals surface area (Å²) in [6, 6.07) is 8.29. The molecule has 1 N–H and O–H groups in total. The van der Waals surface area contributed by atoms with Crippen molar-refractivity contribution >= 4 is 11.7 Å². The molecule has 5 heteroatoms. The van der Waals surface area contributed by atoms with Crippen LogP contribution in [0.3, 0.4) is 0 Å². The second-order valence-electron chi connectivity index (χ2n) is 4.93. The Morgan fingerprint density at radius 2 is 2.20 bits per heavy atom. The molecule has 1 aliphatic heterocycles.